The summed E-state index contributed by atoms with van der Waals surface area (Å²) in [6.45, 7) is 2.71. The van der Waals surface area contributed by atoms with Gasteiger partial charge in [0.05, 0.1) is 5.52 Å². The van der Waals surface area contributed by atoms with Gasteiger partial charge in [-0.2, -0.15) is 0 Å². The quantitative estimate of drug-likeness (QED) is 0.487. The van der Waals surface area contributed by atoms with Gasteiger partial charge in [0.25, 0.3) is 5.56 Å². The van der Waals surface area contributed by atoms with Crippen molar-refractivity contribution in [3.05, 3.63) is 82.9 Å². The van der Waals surface area contributed by atoms with Gasteiger partial charge in [-0.3, -0.25) is 4.79 Å². The van der Waals surface area contributed by atoms with E-state index in [1.165, 1.54) is 0 Å². The summed E-state index contributed by atoms with van der Waals surface area (Å²) < 4.78 is 1.77. The van der Waals surface area contributed by atoms with Gasteiger partial charge >= 0.3 is 0 Å². The van der Waals surface area contributed by atoms with E-state index in [-0.39, 0.29) is 12.2 Å². The Balaban J connectivity index is 1.68. The molecule has 0 aliphatic carbocycles. The first-order chi connectivity index (χ1) is 14.7. The molecule has 6 nitrogen and oxygen atoms in total. The number of aromatic nitrogens is 3. The highest BCUT2D eigenvalue weighted by Crippen LogP contribution is 2.23. The first-order valence-corrected chi connectivity index (χ1v) is 10.1. The van der Waals surface area contributed by atoms with Gasteiger partial charge in [-0.1, -0.05) is 36.4 Å². The van der Waals surface area contributed by atoms with Crippen LogP contribution in [0.4, 0.5) is 11.6 Å². The number of hydrogen-bond acceptors (Lipinski definition) is 5. The summed E-state index contributed by atoms with van der Waals surface area (Å²) in [5, 5.41) is 13.1. The molecule has 0 saturated heterocycles. The zero-order valence-corrected chi connectivity index (χ0v) is 16.9. The van der Waals surface area contributed by atoms with Crippen molar-refractivity contribution in [2.45, 2.75) is 26.3 Å². The van der Waals surface area contributed by atoms with Gasteiger partial charge in [-0.25, -0.2) is 9.97 Å². The molecule has 0 bridgehead atoms. The van der Waals surface area contributed by atoms with Crippen LogP contribution in [-0.4, -0.2) is 26.2 Å². The minimum Gasteiger partial charge on any atom is -0.396 e. The normalized spacial score (nSPS) is 11.0. The highest BCUT2D eigenvalue weighted by Gasteiger charge is 2.11. The largest absolute Gasteiger partial charge is 0.396 e. The van der Waals surface area contributed by atoms with Gasteiger partial charge < -0.3 is 15.0 Å². The first kappa shape index (κ1) is 19.8. The maximum atomic E-state index is 13.1. The summed E-state index contributed by atoms with van der Waals surface area (Å²) in [5.41, 5.74) is 3.47. The number of fused-ring (bicyclic) bond motifs is 1. The van der Waals surface area contributed by atoms with Crippen LogP contribution in [0.3, 0.4) is 0 Å². The Morgan fingerprint density at radius 3 is 2.50 bits per heavy atom. The number of aryl methyl sites for hydroxylation is 2. The van der Waals surface area contributed by atoms with Crippen LogP contribution < -0.4 is 10.9 Å². The maximum Gasteiger partial charge on any atom is 0.258 e. The van der Waals surface area contributed by atoms with Crippen LogP contribution in [0, 0.1) is 0 Å². The van der Waals surface area contributed by atoms with Crippen LogP contribution in [0.5, 0.6) is 0 Å². The number of rotatable bonds is 7. The van der Waals surface area contributed by atoms with Crippen LogP contribution in [0.25, 0.3) is 22.0 Å². The number of hydrogen-bond donors (Lipinski definition) is 2. The highest BCUT2D eigenvalue weighted by molar-refractivity contribution is 5.85. The van der Waals surface area contributed by atoms with E-state index in [4.69, 9.17) is 5.11 Å². The molecule has 0 amide bonds. The number of nitrogens with one attached hydrogen (secondary N) is 1. The van der Waals surface area contributed by atoms with E-state index in [0.717, 1.165) is 34.9 Å². The molecule has 3 aromatic heterocycles. The second-order valence-electron chi connectivity index (χ2n) is 7.11. The lowest BCUT2D eigenvalue weighted by molar-refractivity contribution is 0.288. The number of benzene rings is 1. The van der Waals surface area contributed by atoms with Crippen LogP contribution in [-0.2, 0) is 13.0 Å². The lowest BCUT2D eigenvalue weighted by Gasteiger charge is -2.13. The van der Waals surface area contributed by atoms with Crippen LogP contribution in [0.1, 0.15) is 18.9 Å². The minimum atomic E-state index is -0.0142. The highest BCUT2D eigenvalue weighted by atomic mass is 16.2. The smallest absolute Gasteiger partial charge is 0.258 e. The second kappa shape index (κ2) is 8.88. The first-order valence-electron chi connectivity index (χ1n) is 10.1. The third-order valence-corrected chi connectivity index (χ3v) is 5.08. The predicted octanol–water partition coefficient (Wildman–Crippen LogP) is 4.15. The molecule has 3 heterocycles. The molecule has 4 rings (SSSR count). The standard InChI is InChI=1S/C24H24N4O2/c1-2-28-21-14-23(27-22-11-10-17(15-25-22)7-6-12-29)26-16-19(21)13-20(24(28)30)18-8-4-3-5-9-18/h3-5,8-11,13-16,29H,2,6-7,12H2,1H3,(H,25,26,27). The molecular formula is C24H24N4O2. The van der Waals surface area contributed by atoms with E-state index in [2.05, 4.69) is 15.3 Å². The SMILES string of the molecule is CCn1c(=O)c(-c2ccccc2)cc2cnc(Nc3ccc(CCCO)cn3)cc21. The van der Waals surface area contributed by atoms with Crippen molar-refractivity contribution in [3.8, 4) is 11.1 Å². The van der Waals surface area contributed by atoms with Crippen LogP contribution >= 0.6 is 0 Å². The van der Waals surface area contributed by atoms with Gasteiger partial charge in [0.1, 0.15) is 11.6 Å². The van der Waals surface area contributed by atoms with E-state index in [1.54, 1.807) is 17.0 Å². The lowest BCUT2D eigenvalue weighted by atomic mass is 10.1. The monoisotopic (exact) mass is 400 g/mol. The van der Waals surface area contributed by atoms with Gasteiger partial charge in [0.15, 0.2) is 0 Å². The van der Waals surface area contributed by atoms with E-state index in [1.807, 2.05) is 61.5 Å². The molecule has 2 N–H and O–H groups in total. The third-order valence-electron chi connectivity index (χ3n) is 5.08. The molecule has 0 atom stereocenters. The lowest BCUT2D eigenvalue weighted by Crippen LogP contribution is -2.21. The minimum absolute atomic E-state index is 0.0142. The molecular weight excluding hydrogens is 376 g/mol. The van der Waals surface area contributed by atoms with Crippen LogP contribution in [0.15, 0.2) is 71.8 Å². The Morgan fingerprint density at radius 2 is 1.80 bits per heavy atom. The number of pyridine rings is 3. The Bertz CT molecular complexity index is 1200. The van der Waals surface area contributed by atoms with Crippen molar-refractivity contribution in [1.82, 2.24) is 14.5 Å². The Morgan fingerprint density at radius 1 is 1.00 bits per heavy atom. The number of aliphatic hydroxyl groups is 1. The summed E-state index contributed by atoms with van der Waals surface area (Å²) >= 11 is 0. The van der Waals surface area contributed by atoms with Crippen molar-refractivity contribution in [2.24, 2.45) is 0 Å². The summed E-state index contributed by atoms with van der Waals surface area (Å²) in [6, 6.07) is 17.4. The fraction of sp³-hybridized carbons (Fsp3) is 0.208. The summed E-state index contributed by atoms with van der Waals surface area (Å²) in [6.07, 6.45) is 5.10. The van der Waals surface area contributed by atoms with Gasteiger partial charge in [-0.15, -0.1) is 0 Å². The number of aliphatic hydroxyl groups excluding tert-OH is 1. The molecule has 0 unspecified atom stereocenters. The Labute approximate surface area is 174 Å². The summed E-state index contributed by atoms with van der Waals surface area (Å²) in [7, 11) is 0. The number of nitrogens with zero attached hydrogens (tertiary/aromatic N) is 3. The fourth-order valence-corrected chi connectivity index (χ4v) is 3.54. The van der Waals surface area contributed by atoms with E-state index < -0.39 is 0 Å². The molecule has 0 aliphatic heterocycles. The predicted molar refractivity (Wildman–Crippen MR) is 120 cm³/mol. The third kappa shape index (κ3) is 4.09. The molecule has 0 radical (unpaired) electrons. The summed E-state index contributed by atoms with van der Waals surface area (Å²) in [5.74, 6) is 1.31. The topological polar surface area (TPSA) is 80.0 Å². The molecule has 0 aliphatic rings. The molecule has 30 heavy (non-hydrogen) atoms. The zero-order chi connectivity index (χ0) is 20.9. The van der Waals surface area contributed by atoms with Crippen molar-refractivity contribution in [1.29, 1.82) is 0 Å². The molecule has 0 spiro atoms. The van der Waals surface area contributed by atoms with Gasteiger partial charge in [0.2, 0.25) is 0 Å². The molecule has 6 heteroatoms. The van der Waals surface area contributed by atoms with Gasteiger partial charge in [0, 0.05) is 42.6 Å². The summed E-state index contributed by atoms with van der Waals surface area (Å²) in [4.78, 5) is 22.0. The Hall–Kier alpha value is -3.51. The maximum absolute atomic E-state index is 13.1. The molecule has 152 valence electrons. The fourth-order valence-electron chi connectivity index (χ4n) is 3.54. The second-order valence-corrected chi connectivity index (χ2v) is 7.11. The van der Waals surface area contributed by atoms with Crippen LogP contribution in [0.2, 0.25) is 0 Å². The van der Waals surface area contributed by atoms with Crippen molar-refractivity contribution < 1.29 is 5.11 Å². The average molecular weight is 400 g/mol. The zero-order valence-electron chi connectivity index (χ0n) is 16.9. The average Bonchev–Trinajstić information content (AvgIpc) is 2.79. The van der Waals surface area contributed by atoms with E-state index in [0.29, 0.717) is 23.7 Å². The molecule has 1 aromatic carbocycles. The van der Waals surface area contributed by atoms with Crippen molar-refractivity contribution >= 4 is 22.5 Å². The Kier molecular flexibility index (Phi) is 5.86. The van der Waals surface area contributed by atoms with E-state index in [9.17, 15) is 4.79 Å². The van der Waals surface area contributed by atoms with Crippen molar-refractivity contribution in [2.75, 3.05) is 11.9 Å². The van der Waals surface area contributed by atoms with Gasteiger partial charge in [-0.05, 0) is 43.0 Å². The molecule has 0 fully saturated rings. The van der Waals surface area contributed by atoms with Crippen molar-refractivity contribution in [3.63, 3.8) is 0 Å². The molecule has 0 saturated carbocycles. The van der Waals surface area contributed by atoms with E-state index >= 15 is 0 Å². The molecule has 4 aromatic rings. The number of anilines is 2.